The summed E-state index contributed by atoms with van der Waals surface area (Å²) in [5, 5.41) is 16.5. The summed E-state index contributed by atoms with van der Waals surface area (Å²) in [7, 11) is 0. The molecule has 0 bridgehead atoms. The molecule has 0 unspecified atom stereocenters. The molecule has 2 aromatic rings. The van der Waals surface area contributed by atoms with E-state index in [1.54, 1.807) is 22.7 Å². The molecule has 2 heterocycles. The average molecular weight is 279 g/mol. The minimum absolute atomic E-state index is 0.779. The zero-order chi connectivity index (χ0) is 12.4. The van der Waals surface area contributed by atoms with Gasteiger partial charge in [-0.25, -0.2) is 0 Å². The molecule has 1 aliphatic carbocycles. The number of nitrogens with one attached hydrogen (secondary N) is 1. The highest BCUT2D eigenvalue weighted by molar-refractivity contribution is 7.20. The van der Waals surface area contributed by atoms with Gasteiger partial charge in [-0.05, 0) is 36.3 Å². The van der Waals surface area contributed by atoms with Crippen LogP contribution in [0.25, 0.3) is 9.88 Å². The molecule has 1 saturated carbocycles. The lowest BCUT2D eigenvalue weighted by Crippen LogP contribution is -2.19. The Labute approximate surface area is 115 Å². The summed E-state index contributed by atoms with van der Waals surface area (Å²) in [5.41, 5.74) is 1.39. The Morgan fingerprint density at radius 1 is 1.39 bits per heavy atom. The molecule has 0 radical (unpaired) electrons. The molecular formula is C13H17N3S2. The number of hydrogen-bond donors (Lipinski definition) is 1. The first-order valence-corrected chi connectivity index (χ1v) is 8.19. The minimum atomic E-state index is 0.779. The molecule has 0 amide bonds. The highest BCUT2D eigenvalue weighted by atomic mass is 32.1. The summed E-state index contributed by atoms with van der Waals surface area (Å²) in [6, 6.07) is 2.97. The van der Waals surface area contributed by atoms with Gasteiger partial charge in [-0.15, -0.1) is 21.5 Å². The Kier molecular flexibility index (Phi) is 3.72. The van der Waals surface area contributed by atoms with Gasteiger partial charge in [0.05, 0.1) is 4.88 Å². The van der Waals surface area contributed by atoms with Gasteiger partial charge in [-0.2, -0.15) is 0 Å². The van der Waals surface area contributed by atoms with Gasteiger partial charge in [-0.3, -0.25) is 0 Å². The third-order valence-electron chi connectivity index (χ3n) is 3.14. The lowest BCUT2D eigenvalue weighted by atomic mass is 10.2. The van der Waals surface area contributed by atoms with Gasteiger partial charge in [-0.1, -0.05) is 18.3 Å². The first kappa shape index (κ1) is 12.3. The molecule has 96 valence electrons. The SMILES string of the molecule is CCc1ccsc1-c1nnc(CCNC2CC2)s1. The summed E-state index contributed by atoms with van der Waals surface area (Å²) >= 11 is 3.51. The summed E-state index contributed by atoms with van der Waals surface area (Å²) in [6.07, 6.45) is 4.75. The Hall–Kier alpha value is -0.780. The lowest BCUT2D eigenvalue weighted by molar-refractivity contribution is 0.677. The molecule has 0 aromatic carbocycles. The maximum atomic E-state index is 4.33. The van der Waals surface area contributed by atoms with Crippen LogP contribution in [0.15, 0.2) is 11.4 Å². The van der Waals surface area contributed by atoms with Crippen molar-refractivity contribution in [3.8, 4) is 9.88 Å². The van der Waals surface area contributed by atoms with E-state index in [4.69, 9.17) is 0 Å². The van der Waals surface area contributed by atoms with E-state index >= 15 is 0 Å². The molecule has 0 atom stereocenters. The predicted molar refractivity (Wildman–Crippen MR) is 77.3 cm³/mol. The average Bonchev–Trinajstić information content (AvgIpc) is 2.92. The standard InChI is InChI=1S/C13H17N3S2/c1-2-9-6-8-17-12(9)13-16-15-11(18-13)5-7-14-10-3-4-10/h6,8,10,14H,2-5,7H2,1H3. The van der Waals surface area contributed by atoms with E-state index in [9.17, 15) is 0 Å². The van der Waals surface area contributed by atoms with Crippen LogP contribution >= 0.6 is 22.7 Å². The van der Waals surface area contributed by atoms with E-state index in [-0.39, 0.29) is 0 Å². The fraction of sp³-hybridized carbons (Fsp3) is 0.538. The molecule has 0 aliphatic heterocycles. The fourth-order valence-corrected chi connectivity index (χ4v) is 3.88. The fourth-order valence-electron chi connectivity index (χ4n) is 1.92. The summed E-state index contributed by atoms with van der Waals surface area (Å²) < 4.78 is 0. The zero-order valence-corrected chi connectivity index (χ0v) is 12.1. The van der Waals surface area contributed by atoms with Crippen molar-refractivity contribution in [2.75, 3.05) is 6.54 Å². The summed E-state index contributed by atoms with van der Waals surface area (Å²) in [4.78, 5) is 1.30. The Bertz CT molecular complexity index is 514. The van der Waals surface area contributed by atoms with Gasteiger partial charge < -0.3 is 5.32 Å². The molecule has 5 heteroatoms. The molecule has 2 aromatic heterocycles. The van der Waals surface area contributed by atoms with E-state index in [0.29, 0.717) is 0 Å². The highest BCUT2D eigenvalue weighted by Gasteiger charge is 2.20. The van der Waals surface area contributed by atoms with E-state index < -0.39 is 0 Å². The van der Waals surface area contributed by atoms with Gasteiger partial charge >= 0.3 is 0 Å². The Morgan fingerprint density at radius 2 is 2.28 bits per heavy atom. The highest BCUT2D eigenvalue weighted by Crippen LogP contribution is 2.32. The van der Waals surface area contributed by atoms with Crippen molar-refractivity contribution < 1.29 is 0 Å². The third-order valence-corrected chi connectivity index (χ3v) is 5.23. The van der Waals surface area contributed by atoms with Crippen LogP contribution in [0.1, 0.15) is 30.3 Å². The first-order valence-electron chi connectivity index (χ1n) is 6.49. The van der Waals surface area contributed by atoms with Crippen molar-refractivity contribution in [3.05, 3.63) is 22.0 Å². The summed E-state index contributed by atoms with van der Waals surface area (Å²) in [6.45, 7) is 3.22. The van der Waals surface area contributed by atoms with E-state index in [2.05, 4.69) is 33.9 Å². The molecule has 1 N–H and O–H groups in total. The molecule has 18 heavy (non-hydrogen) atoms. The molecule has 1 aliphatic rings. The van der Waals surface area contributed by atoms with Crippen molar-refractivity contribution in [2.45, 2.75) is 38.6 Å². The first-order chi connectivity index (χ1) is 8.86. The third kappa shape index (κ3) is 2.79. The second kappa shape index (κ2) is 5.47. The normalized spacial score (nSPS) is 15.2. The van der Waals surface area contributed by atoms with Gasteiger partial charge in [0.25, 0.3) is 0 Å². The quantitative estimate of drug-likeness (QED) is 0.883. The molecule has 3 rings (SSSR count). The van der Waals surface area contributed by atoms with E-state index in [1.807, 2.05) is 0 Å². The largest absolute Gasteiger partial charge is 0.314 e. The Morgan fingerprint density at radius 3 is 3.06 bits per heavy atom. The number of hydrogen-bond acceptors (Lipinski definition) is 5. The molecule has 1 fully saturated rings. The zero-order valence-electron chi connectivity index (χ0n) is 10.5. The van der Waals surface area contributed by atoms with Crippen molar-refractivity contribution in [3.63, 3.8) is 0 Å². The molecule has 0 spiro atoms. The molecule has 3 nitrogen and oxygen atoms in total. The summed E-state index contributed by atoms with van der Waals surface area (Å²) in [5.74, 6) is 0. The van der Waals surface area contributed by atoms with Crippen LogP contribution < -0.4 is 5.32 Å². The van der Waals surface area contributed by atoms with Gasteiger partial charge in [0.2, 0.25) is 0 Å². The van der Waals surface area contributed by atoms with Crippen LogP contribution in [0, 0.1) is 0 Å². The van der Waals surface area contributed by atoms with Crippen LogP contribution in [-0.2, 0) is 12.8 Å². The van der Waals surface area contributed by atoms with Gasteiger partial charge in [0.1, 0.15) is 5.01 Å². The minimum Gasteiger partial charge on any atom is -0.314 e. The second-order valence-corrected chi connectivity index (χ2v) is 6.59. The van der Waals surface area contributed by atoms with Crippen molar-refractivity contribution in [2.24, 2.45) is 0 Å². The van der Waals surface area contributed by atoms with Crippen molar-refractivity contribution in [1.82, 2.24) is 15.5 Å². The van der Waals surface area contributed by atoms with E-state index in [1.165, 1.54) is 23.3 Å². The lowest BCUT2D eigenvalue weighted by Gasteiger charge is -1.98. The maximum Gasteiger partial charge on any atom is 0.158 e. The van der Waals surface area contributed by atoms with Crippen LogP contribution in [0.4, 0.5) is 0 Å². The number of rotatable bonds is 6. The number of aromatic nitrogens is 2. The smallest absolute Gasteiger partial charge is 0.158 e. The molecular weight excluding hydrogens is 262 g/mol. The maximum absolute atomic E-state index is 4.33. The van der Waals surface area contributed by atoms with Crippen LogP contribution in [-0.4, -0.2) is 22.8 Å². The topological polar surface area (TPSA) is 37.8 Å². The Balaban J connectivity index is 1.64. The van der Waals surface area contributed by atoms with Gasteiger partial charge in [0, 0.05) is 19.0 Å². The van der Waals surface area contributed by atoms with Crippen LogP contribution in [0.2, 0.25) is 0 Å². The van der Waals surface area contributed by atoms with Crippen LogP contribution in [0.3, 0.4) is 0 Å². The van der Waals surface area contributed by atoms with E-state index in [0.717, 1.165) is 35.4 Å². The van der Waals surface area contributed by atoms with Crippen LogP contribution in [0.5, 0.6) is 0 Å². The number of aryl methyl sites for hydroxylation is 1. The predicted octanol–water partition coefficient (Wildman–Crippen LogP) is 3.12. The number of thiophene rings is 1. The monoisotopic (exact) mass is 279 g/mol. The number of nitrogens with zero attached hydrogens (tertiary/aromatic N) is 2. The van der Waals surface area contributed by atoms with Crippen molar-refractivity contribution >= 4 is 22.7 Å². The van der Waals surface area contributed by atoms with Gasteiger partial charge in [0.15, 0.2) is 5.01 Å². The molecule has 0 saturated heterocycles. The van der Waals surface area contributed by atoms with Crippen molar-refractivity contribution in [1.29, 1.82) is 0 Å². The second-order valence-electron chi connectivity index (χ2n) is 4.61.